The van der Waals surface area contributed by atoms with Crippen molar-refractivity contribution in [2.75, 3.05) is 6.61 Å². The Labute approximate surface area is 125 Å². The monoisotopic (exact) mass is 376 g/mol. The lowest BCUT2D eigenvalue weighted by Gasteiger charge is -2.11. The highest BCUT2D eigenvalue weighted by molar-refractivity contribution is 9.11. The van der Waals surface area contributed by atoms with Gasteiger partial charge < -0.3 is 9.84 Å². The summed E-state index contributed by atoms with van der Waals surface area (Å²) >= 11 is 6.91. The Morgan fingerprint density at radius 3 is 2.39 bits per heavy atom. The highest BCUT2D eigenvalue weighted by Crippen LogP contribution is 2.34. The van der Waals surface area contributed by atoms with Crippen LogP contribution in [0.5, 0.6) is 5.75 Å². The number of hydrogen-bond donors (Lipinski definition) is 1. The lowest BCUT2D eigenvalue weighted by molar-refractivity contribution is 0.280. The topological polar surface area (TPSA) is 29.5 Å². The number of aliphatic hydroxyl groups excluding tert-OH is 1. The van der Waals surface area contributed by atoms with Gasteiger partial charge in [-0.1, -0.05) is 6.08 Å². The molecular weight excluding hydrogens is 360 g/mol. The molecule has 1 aromatic rings. The molecule has 0 bridgehead atoms. The predicted molar refractivity (Wildman–Crippen MR) is 81.9 cm³/mol. The van der Waals surface area contributed by atoms with Gasteiger partial charge in [0.05, 0.1) is 22.2 Å². The maximum atomic E-state index is 9.08. The Hall–Kier alpha value is -0.320. The highest BCUT2D eigenvalue weighted by Gasteiger charge is 2.08. The first-order valence-electron chi connectivity index (χ1n) is 6.01. The van der Waals surface area contributed by atoms with Crippen LogP contribution in [0.3, 0.4) is 0 Å². The number of halogens is 2. The first kappa shape index (κ1) is 15.7. The number of rotatable bonds is 8. The number of aliphatic hydroxyl groups is 1. The van der Waals surface area contributed by atoms with Crippen LogP contribution in [0.15, 0.2) is 33.7 Å². The van der Waals surface area contributed by atoms with Crippen LogP contribution >= 0.6 is 31.9 Å². The molecule has 1 rings (SSSR count). The van der Waals surface area contributed by atoms with Gasteiger partial charge in [-0.25, -0.2) is 0 Å². The molecule has 0 aliphatic rings. The van der Waals surface area contributed by atoms with Crippen LogP contribution in [0.2, 0.25) is 0 Å². The molecule has 0 atom stereocenters. The largest absolute Gasteiger partial charge is 0.491 e. The summed E-state index contributed by atoms with van der Waals surface area (Å²) in [5, 5.41) is 9.08. The Morgan fingerprint density at radius 2 is 1.83 bits per heavy atom. The van der Waals surface area contributed by atoms with Gasteiger partial charge in [0.15, 0.2) is 0 Å². The summed E-state index contributed by atoms with van der Waals surface area (Å²) in [6, 6.07) is 3.75. The van der Waals surface area contributed by atoms with Gasteiger partial charge in [-0.3, -0.25) is 0 Å². The zero-order valence-electron chi connectivity index (χ0n) is 10.3. The molecule has 0 saturated carbocycles. The normalized spacial score (nSPS) is 10.4. The predicted octanol–water partition coefficient (Wildman–Crippen LogP) is 4.83. The molecule has 100 valence electrons. The van der Waals surface area contributed by atoms with E-state index in [0.717, 1.165) is 39.5 Å². The van der Waals surface area contributed by atoms with E-state index in [-0.39, 0.29) is 6.61 Å². The fourth-order valence-electron chi connectivity index (χ4n) is 1.58. The van der Waals surface area contributed by atoms with Crippen LogP contribution in [0.1, 0.15) is 31.2 Å². The second-order valence-electron chi connectivity index (χ2n) is 4.03. The van der Waals surface area contributed by atoms with Gasteiger partial charge in [0.2, 0.25) is 0 Å². The number of hydrogen-bond acceptors (Lipinski definition) is 2. The minimum absolute atomic E-state index is 0.0268. The van der Waals surface area contributed by atoms with E-state index in [1.165, 1.54) is 6.42 Å². The van der Waals surface area contributed by atoms with Gasteiger partial charge in [-0.2, -0.15) is 0 Å². The van der Waals surface area contributed by atoms with Gasteiger partial charge in [0, 0.05) is 0 Å². The quantitative estimate of drug-likeness (QED) is 0.519. The van der Waals surface area contributed by atoms with Gasteiger partial charge in [0.1, 0.15) is 5.75 Å². The van der Waals surface area contributed by atoms with Crippen LogP contribution < -0.4 is 4.74 Å². The van der Waals surface area contributed by atoms with Crippen molar-refractivity contribution in [1.29, 1.82) is 0 Å². The number of allylic oxidation sites excluding steroid dienone is 1. The molecule has 0 aromatic heterocycles. The third-order valence-corrected chi connectivity index (χ3v) is 3.72. The van der Waals surface area contributed by atoms with Crippen LogP contribution in [-0.4, -0.2) is 11.7 Å². The highest BCUT2D eigenvalue weighted by atomic mass is 79.9. The van der Waals surface area contributed by atoms with Crippen LogP contribution in [0.25, 0.3) is 0 Å². The van der Waals surface area contributed by atoms with Crippen molar-refractivity contribution < 1.29 is 9.84 Å². The molecule has 0 spiro atoms. The van der Waals surface area contributed by atoms with E-state index in [4.69, 9.17) is 9.84 Å². The lowest BCUT2D eigenvalue weighted by atomic mass is 10.2. The molecule has 18 heavy (non-hydrogen) atoms. The molecule has 0 unspecified atom stereocenters. The van der Waals surface area contributed by atoms with E-state index in [2.05, 4.69) is 38.4 Å². The summed E-state index contributed by atoms with van der Waals surface area (Å²) in [4.78, 5) is 0. The van der Waals surface area contributed by atoms with Crippen molar-refractivity contribution in [1.82, 2.24) is 0 Å². The van der Waals surface area contributed by atoms with E-state index in [0.29, 0.717) is 6.61 Å². The Bertz CT molecular complexity index is 368. The second kappa shape index (κ2) is 8.73. The Morgan fingerprint density at radius 1 is 1.17 bits per heavy atom. The van der Waals surface area contributed by atoms with E-state index in [1.807, 2.05) is 18.2 Å². The molecular formula is C14H18Br2O2. The van der Waals surface area contributed by atoms with Gasteiger partial charge >= 0.3 is 0 Å². The molecule has 2 nitrogen and oxygen atoms in total. The number of ether oxygens (including phenoxy) is 1. The molecule has 0 saturated heterocycles. The summed E-state index contributed by atoms with van der Waals surface area (Å²) in [6.45, 7) is 4.43. The Kier molecular flexibility index (Phi) is 7.63. The average Bonchev–Trinajstić information content (AvgIpc) is 2.35. The molecule has 0 heterocycles. The van der Waals surface area contributed by atoms with E-state index in [9.17, 15) is 0 Å². The first-order valence-corrected chi connectivity index (χ1v) is 7.60. The zero-order valence-corrected chi connectivity index (χ0v) is 13.5. The molecule has 0 aliphatic carbocycles. The minimum Gasteiger partial charge on any atom is -0.491 e. The van der Waals surface area contributed by atoms with Gasteiger partial charge in [-0.15, -0.1) is 6.58 Å². The molecule has 1 N–H and O–H groups in total. The molecule has 4 heteroatoms. The number of benzene rings is 1. The summed E-state index contributed by atoms with van der Waals surface area (Å²) in [7, 11) is 0. The van der Waals surface area contributed by atoms with Crippen molar-refractivity contribution in [2.45, 2.75) is 32.3 Å². The van der Waals surface area contributed by atoms with Gasteiger partial charge in [0.25, 0.3) is 0 Å². The summed E-state index contributed by atoms with van der Waals surface area (Å²) in [5.41, 5.74) is 0.854. The minimum atomic E-state index is 0.0268. The molecule has 0 fully saturated rings. The Balaban J connectivity index is 2.44. The van der Waals surface area contributed by atoms with Crippen LogP contribution in [0, 0.1) is 0 Å². The fourth-order valence-corrected chi connectivity index (χ4v) is 3.09. The van der Waals surface area contributed by atoms with Crippen molar-refractivity contribution >= 4 is 31.9 Å². The van der Waals surface area contributed by atoms with Crippen LogP contribution in [0.4, 0.5) is 0 Å². The van der Waals surface area contributed by atoms with E-state index < -0.39 is 0 Å². The molecule has 1 aromatic carbocycles. The van der Waals surface area contributed by atoms with Crippen molar-refractivity contribution in [3.63, 3.8) is 0 Å². The van der Waals surface area contributed by atoms with Crippen LogP contribution in [-0.2, 0) is 6.61 Å². The summed E-state index contributed by atoms with van der Waals surface area (Å²) in [6.07, 6.45) is 6.36. The molecule has 0 aliphatic heterocycles. The first-order chi connectivity index (χ1) is 8.69. The smallest absolute Gasteiger partial charge is 0.147 e. The summed E-state index contributed by atoms with van der Waals surface area (Å²) in [5.74, 6) is 0.802. The van der Waals surface area contributed by atoms with Gasteiger partial charge in [-0.05, 0) is 75.2 Å². The van der Waals surface area contributed by atoms with Crippen molar-refractivity contribution in [3.8, 4) is 5.75 Å². The third-order valence-electron chi connectivity index (χ3n) is 2.54. The zero-order chi connectivity index (χ0) is 13.4. The van der Waals surface area contributed by atoms with Crippen molar-refractivity contribution in [3.05, 3.63) is 39.3 Å². The van der Waals surface area contributed by atoms with Crippen molar-refractivity contribution in [2.24, 2.45) is 0 Å². The maximum Gasteiger partial charge on any atom is 0.147 e. The van der Waals surface area contributed by atoms with E-state index >= 15 is 0 Å². The summed E-state index contributed by atoms with van der Waals surface area (Å²) < 4.78 is 7.48. The van der Waals surface area contributed by atoms with E-state index in [1.54, 1.807) is 0 Å². The number of unbranched alkanes of at least 4 members (excludes halogenated alkanes) is 3. The fraction of sp³-hybridized carbons (Fsp3) is 0.429. The lowest BCUT2D eigenvalue weighted by Crippen LogP contribution is -1.99. The molecule has 0 amide bonds. The standard InChI is InChI=1S/C14H18Br2O2/c1-2-3-4-5-6-7-18-14-12(15)8-11(10-17)9-13(14)16/h2,8-9,17H,1,3-7,10H2. The average molecular weight is 378 g/mol. The SMILES string of the molecule is C=CCCCCCOc1c(Br)cc(CO)cc1Br. The molecule has 0 radical (unpaired) electrons. The third kappa shape index (κ3) is 5.12. The maximum absolute atomic E-state index is 9.08. The second-order valence-corrected chi connectivity index (χ2v) is 5.74.